The zero-order valence-electron chi connectivity index (χ0n) is 13.7. The van der Waals surface area contributed by atoms with Gasteiger partial charge in [0.2, 0.25) is 5.91 Å². The molecule has 3 aromatic rings. The van der Waals surface area contributed by atoms with E-state index >= 15 is 0 Å². The summed E-state index contributed by atoms with van der Waals surface area (Å²) in [5, 5.41) is 4.02. The molecule has 1 atom stereocenters. The standard InChI is InChI=1S/C20H21FN2O/c1-2-11-22-20(24)12-17(14-7-9-15(21)10-8-14)18-13-23-19-6-4-3-5-16(18)19/h3-10,13,17,23H,2,11-12H2,1H3,(H,22,24)/t17-/m1/s1. The predicted molar refractivity (Wildman–Crippen MR) is 94.5 cm³/mol. The summed E-state index contributed by atoms with van der Waals surface area (Å²) in [5.74, 6) is -0.373. The number of benzene rings is 2. The maximum Gasteiger partial charge on any atom is 0.220 e. The van der Waals surface area contributed by atoms with Gasteiger partial charge in [-0.25, -0.2) is 4.39 Å². The second-order valence-corrected chi connectivity index (χ2v) is 5.95. The van der Waals surface area contributed by atoms with Gasteiger partial charge in [0, 0.05) is 36.0 Å². The van der Waals surface area contributed by atoms with Crippen molar-refractivity contribution in [1.29, 1.82) is 0 Å². The van der Waals surface area contributed by atoms with E-state index in [0.29, 0.717) is 13.0 Å². The summed E-state index contributed by atoms with van der Waals surface area (Å²) in [6.45, 7) is 2.69. The van der Waals surface area contributed by atoms with E-state index < -0.39 is 0 Å². The number of carbonyl (C=O) groups is 1. The van der Waals surface area contributed by atoms with E-state index in [9.17, 15) is 9.18 Å². The Balaban J connectivity index is 1.98. The summed E-state index contributed by atoms with van der Waals surface area (Å²) < 4.78 is 13.3. The van der Waals surface area contributed by atoms with Crippen molar-refractivity contribution in [1.82, 2.24) is 10.3 Å². The lowest BCUT2D eigenvalue weighted by molar-refractivity contribution is -0.121. The number of nitrogens with one attached hydrogen (secondary N) is 2. The van der Waals surface area contributed by atoms with Crippen LogP contribution in [-0.4, -0.2) is 17.4 Å². The van der Waals surface area contributed by atoms with Crippen LogP contribution in [0.4, 0.5) is 4.39 Å². The van der Waals surface area contributed by atoms with E-state index in [4.69, 9.17) is 0 Å². The first-order valence-corrected chi connectivity index (χ1v) is 8.27. The van der Waals surface area contributed by atoms with Crippen molar-refractivity contribution in [3.63, 3.8) is 0 Å². The van der Waals surface area contributed by atoms with Crippen LogP contribution in [-0.2, 0) is 4.79 Å². The molecule has 1 amide bonds. The minimum Gasteiger partial charge on any atom is -0.361 e. The van der Waals surface area contributed by atoms with Gasteiger partial charge in [0.25, 0.3) is 0 Å². The highest BCUT2D eigenvalue weighted by molar-refractivity contribution is 5.86. The van der Waals surface area contributed by atoms with Gasteiger partial charge in [-0.1, -0.05) is 37.3 Å². The van der Waals surface area contributed by atoms with Gasteiger partial charge in [-0.15, -0.1) is 0 Å². The molecule has 0 aliphatic rings. The Morgan fingerprint density at radius 1 is 1.17 bits per heavy atom. The van der Waals surface area contributed by atoms with Crippen molar-refractivity contribution in [2.45, 2.75) is 25.7 Å². The Morgan fingerprint density at radius 2 is 1.92 bits per heavy atom. The molecule has 0 aliphatic carbocycles. The summed E-state index contributed by atoms with van der Waals surface area (Å²) in [4.78, 5) is 15.5. The van der Waals surface area contributed by atoms with Gasteiger partial charge in [-0.05, 0) is 35.7 Å². The van der Waals surface area contributed by atoms with Crippen molar-refractivity contribution in [2.24, 2.45) is 0 Å². The average molecular weight is 324 g/mol. The molecule has 0 aliphatic heterocycles. The number of carbonyl (C=O) groups excluding carboxylic acids is 1. The van der Waals surface area contributed by atoms with Crippen LogP contribution in [0.1, 0.15) is 36.8 Å². The lowest BCUT2D eigenvalue weighted by Crippen LogP contribution is -2.26. The summed E-state index contributed by atoms with van der Waals surface area (Å²) in [5.41, 5.74) is 3.03. The quantitative estimate of drug-likeness (QED) is 0.695. The number of halogens is 1. The Morgan fingerprint density at radius 3 is 2.67 bits per heavy atom. The van der Waals surface area contributed by atoms with Crippen LogP contribution in [0.2, 0.25) is 0 Å². The minimum absolute atomic E-state index is 0.0106. The Kier molecular flexibility index (Phi) is 4.94. The number of hydrogen-bond donors (Lipinski definition) is 2. The second-order valence-electron chi connectivity index (χ2n) is 5.95. The van der Waals surface area contributed by atoms with Crippen LogP contribution >= 0.6 is 0 Å². The number of aromatic amines is 1. The van der Waals surface area contributed by atoms with Crippen LogP contribution in [0, 0.1) is 5.82 Å². The zero-order chi connectivity index (χ0) is 16.9. The molecular weight excluding hydrogens is 303 g/mol. The second kappa shape index (κ2) is 7.30. The first-order valence-electron chi connectivity index (χ1n) is 8.27. The third-order valence-electron chi connectivity index (χ3n) is 4.23. The number of hydrogen-bond acceptors (Lipinski definition) is 1. The molecule has 2 N–H and O–H groups in total. The molecule has 2 aromatic carbocycles. The molecule has 1 aromatic heterocycles. The number of amides is 1. The number of H-pyrrole nitrogens is 1. The lowest BCUT2D eigenvalue weighted by atomic mass is 9.88. The Bertz CT molecular complexity index is 823. The Labute approximate surface area is 140 Å². The van der Waals surface area contributed by atoms with Gasteiger partial charge in [0.05, 0.1) is 0 Å². The minimum atomic E-state index is -0.271. The maximum atomic E-state index is 13.3. The van der Waals surface area contributed by atoms with E-state index in [1.807, 2.05) is 37.4 Å². The average Bonchev–Trinajstić information content (AvgIpc) is 3.03. The predicted octanol–water partition coefficient (Wildman–Crippen LogP) is 4.36. The number of para-hydroxylation sites is 1. The molecule has 0 saturated heterocycles. The fourth-order valence-corrected chi connectivity index (χ4v) is 3.01. The summed E-state index contributed by atoms with van der Waals surface area (Å²) in [6.07, 6.45) is 3.19. The Hall–Kier alpha value is -2.62. The normalized spacial score (nSPS) is 12.2. The van der Waals surface area contributed by atoms with Crippen LogP contribution in [0.5, 0.6) is 0 Å². The number of rotatable bonds is 6. The van der Waals surface area contributed by atoms with Crippen molar-refractivity contribution in [2.75, 3.05) is 6.54 Å². The van der Waals surface area contributed by atoms with Crippen LogP contribution < -0.4 is 5.32 Å². The first-order chi connectivity index (χ1) is 11.7. The molecule has 124 valence electrons. The van der Waals surface area contributed by atoms with Crippen LogP contribution in [0.25, 0.3) is 10.9 Å². The molecule has 0 fully saturated rings. The van der Waals surface area contributed by atoms with Crippen LogP contribution in [0.15, 0.2) is 54.7 Å². The molecule has 1 heterocycles. The zero-order valence-corrected chi connectivity index (χ0v) is 13.7. The van der Waals surface area contributed by atoms with Gasteiger partial charge in [-0.2, -0.15) is 0 Å². The number of fused-ring (bicyclic) bond motifs is 1. The monoisotopic (exact) mass is 324 g/mol. The molecule has 3 rings (SSSR count). The van der Waals surface area contributed by atoms with Gasteiger partial charge in [0.15, 0.2) is 0 Å². The van der Waals surface area contributed by atoms with Crippen molar-refractivity contribution in [3.05, 3.63) is 71.7 Å². The van der Waals surface area contributed by atoms with E-state index in [1.54, 1.807) is 12.1 Å². The largest absolute Gasteiger partial charge is 0.361 e. The molecule has 0 saturated carbocycles. The van der Waals surface area contributed by atoms with Gasteiger partial charge in [-0.3, -0.25) is 4.79 Å². The topological polar surface area (TPSA) is 44.9 Å². The summed E-state index contributed by atoms with van der Waals surface area (Å²) in [7, 11) is 0. The van der Waals surface area contributed by atoms with Gasteiger partial charge in [0.1, 0.15) is 5.82 Å². The van der Waals surface area contributed by atoms with E-state index in [0.717, 1.165) is 28.5 Å². The summed E-state index contributed by atoms with van der Waals surface area (Å²) in [6, 6.07) is 14.4. The first kappa shape index (κ1) is 16.2. The molecule has 4 heteroatoms. The van der Waals surface area contributed by atoms with Gasteiger partial charge < -0.3 is 10.3 Å². The highest BCUT2D eigenvalue weighted by Gasteiger charge is 2.21. The maximum absolute atomic E-state index is 13.3. The highest BCUT2D eigenvalue weighted by Crippen LogP contribution is 2.33. The SMILES string of the molecule is CCCNC(=O)C[C@H](c1ccc(F)cc1)c1c[nH]c2ccccc12. The molecular formula is C20H21FN2O. The highest BCUT2D eigenvalue weighted by atomic mass is 19.1. The fraction of sp³-hybridized carbons (Fsp3) is 0.250. The van der Waals surface area contributed by atoms with E-state index in [2.05, 4.69) is 10.3 Å². The molecule has 0 spiro atoms. The van der Waals surface area contributed by atoms with Crippen LogP contribution in [0.3, 0.4) is 0 Å². The molecule has 24 heavy (non-hydrogen) atoms. The fourth-order valence-electron chi connectivity index (χ4n) is 3.01. The van der Waals surface area contributed by atoms with Crippen molar-refractivity contribution >= 4 is 16.8 Å². The number of aromatic nitrogens is 1. The lowest BCUT2D eigenvalue weighted by Gasteiger charge is -2.17. The smallest absolute Gasteiger partial charge is 0.220 e. The van der Waals surface area contributed by atoms with Crippen molar-refractivity contribution in [3.8, 4) is 0 Å². The summed E-state index contributed by atoms with van der Waals surface area (Å²) >= 11 is 0. The molecule has 0 bridgehead atoms. The molecule has 0 unspecified atom stereocenters. The molecule has 0 radical (unpaired) electrons. The molecule has 3 nitrogen and oxygen atoms in total. The van der Waals surface area contributed by atoms with Crippen molar-refractivity contribution < 1.29 is 9.18 Å². The van der Waals surface area contributed by atoms with E-state index in [1.165, 1.54) is 12.1 Å². The van der Waals surface area contributed by atoms with Gasteiger partial charge >= 0.3 is 0 Å². The van der Waals surface area contributed by atoms with E-state index in [-0.39, 0.29) is 17.6 Å². The third kappa shape index (κ3) is 3.48. The third-order valence-corrected chi connectivity index (χ3v) is 4.23.